The third-order valence-electron chi connectivity index (χ3n) is 13.9. The maximum absolute atomic E-state index is 15.3. The van der Waals surface area contributed by atoms with Crippen molar-refractivity contribution < 1.29 is 66.1 Å². The summed E-state index contributed by atoms with van der Waals surface area (Å²) in [5, 5.41) is 25.0. The molecule has 5 aromatic carbocycles. The molecule has 1 aromatic heterocycles. The zero-order valence-corrected chi connectivity index (χ0v) is 45.6. The summed E-state index contributed by atoms with van der Waals surface area (Å²) in [6.45, 7) is 0.617. The van der Waals surface area contributed by atoms with E-state index in [9.17, 15) is 37.1 Å². The number of carboxylic acids is 1. The number of aromatic nitrogens is 1. The number of carboxylic acid groups (broad SMARTS) is 1. The van der Waals surface area contributed by atoms with Gasteiger partial charge in [0.15, 0.2) is 0 Å². The van der Waals surface area contributed by atoms with E-state index in [0.29, 0.717) is 54.0 Å². The van der Waals surface area contributed by atoms with Gasteiger partial charge in [-0.15, -0.1) is 0 Å². The maximum Gasteiger partial charge on any atom is 0.490 e. The van der Waals surface area contributed by atoms with Crippen LogP contribution in [0.4, 0.5) is 18.0 Å². The number of fused-ring (bicyclic) bond motifs is 2. The van der Waals surface area contributed by atoms with E-state index in [0.717, 1.165) is 16.5 Å². The molecule has 7 atom stereocenters. The lowest BCUT2D eigenvalue weighted by atomic mass is 9.99. The van der Waals surface area contributed by atoms with E-state index in [4.69, 9.17) is 30.8 Å². The SMILES string of the molecule is NCCCC[C@@H]1NC(=O)[C@@H](Cc2c[nH]c3ccccc23)NC(=O)[C@H](c2ccccc2)NC(=O)[C@@H]2CC(OC(=O)NCCN)CN2C(=O)[C@H](Cc2ccccc2)NC(=O)[C@@H](Cc2ccc(OCc3ccccc3)cc2)NC1=O.O=C(O)C(F)(F)F. The number of aliphatic carboxylic acids is 1. The van der Waals surface area contributed by atoms with E-state index >= 15 is 9.59 Å². The number of H-pyrrole nitrogens is 1. The van der Waals surface area contributed by atoms with E-state index in [2.05, 4.69) is 36.9 Å². The van der Waals surface area contributed by atoms with Crippen molar-refractivity contribution in [2.75, 3.05) is 26.2 Å². The first-order valence-electron chi connectivity index (χ1n) is 27.3. The van der Waals surface area contributed by atoms with Crippen molar-refractivity contribution in [3.8, 4) is 5.75 Å². The van der Waals surface area contributed by atoms with Gasteiger partial charge in [-0.1, -0.05) is 121 Å². The molecule has 2 aliphatic rings. The molecular weight excluding hydrogens is 1090 g/mol. The summed E-state index contributed by atoms with van der Waals surface area (Å²) in [4.78, 5) is 116. The van der Waals surface area contributed by atoms with Crippen molar-refractivity contribution in [3.63, 3.8) is 0 Å². The molecule has 8 rings (SSSR count). The van der Waals surface area contributed by atoms with Crippen LogP contribution in [0.2, 0.25) is 0 Å². The largest absolute Gasteiger partial charge is 0.490 e. The molecule has 0 aliphatic carbocycles. The number of nitrogens with zero attached hydrogens (tertiary/aromatic N) is 1. The van der Waals surface area contributed by atoms with Gasteiger partial charge < -0.3 is 67.8 Å². The first-order chi connectivity index (χ1) is 40.4. The summed E-state index contributed by atoms with van der Waals surface area (Å²) in [7, 11) is 0. The molecule has 0 saturated carbocycles. The number of carbonyl (C=O) groups is 8. The standard InChI is InChI=1S/C58H66N10O9.C2HF3O2/c59-27-13-12-22-46-52(69)64-47(30-38-23-25-42(26-24-38)76-36-39-16-6-2-7-17-39)53(70)66-49(31-37-14-4-1-5-15-37)57(74)68-35-43(77-58(75)61-29-28-60)33-50(68)55(72)67-51(40-18-8-3-9-19-40)56(73)65-48(54(71)63-46)32-41-34-62-45-21-11-10-20-44(41)45;3-2(4,5)1(6)7/h1-11,14-21,23-26,34,43,46-51,62H,12-13,22,27-33,35-36,59-60H2,(H,61,75)(H,63,71)(H,64,69)(H,65,73)(H,66,70)(H,67,72);(H,6,7)/t43?,46-,47+,48+,49-,50-,51-;/m0./s1. The number of aromatic amines is 1. The number of alkyl carbamates (subject to hydrolysis) is 1. The van der Waals surface area contributed by atoms with Crippen molar-refractivity contribution in [3.05, 3.63) is 174 Å². The van der Waals surface area contributed by atoms with Gasteiger partial charge in [-0.2, -0.15) is 13.2 Å². The van der Waals surface area contributed by atoms with Crippen molar-refractivity contribution >= 4 is 58.4 Å². The molecule has 1 unspecified atom stereocenters. The topological polar surface area (TPSA) is 318 Å². The predicted octanol–water partition coefficient (Wildman–Crippen LogP) is 4.00. The highest BCUT2D eigenvalue weighted by Crippen LogP contribution is 2.26. The van der Waals surface area contributed by atoms with Crippen molar-refractivity contribution in [2.24, 2.45) is 11.5 Å². The van der Waals surface area contributed by atoms with Gasteiger partial charge in [0.05, 0.1) is 6.54 Å². The summed E-state index contributed by atoms with van der Waals surface area (Å²) in [5.41, 5.74) is 15.7. The molecule has 0 bridgehead atoms. The normalized spacial score (nSPS) is 20.7. The number of ether oxygens (including phenoxy) is 2. The van der Waals surface area contributed by atoms with E-state index < -0.39 is 96.0 Å². The van der Waals surface area contributed by atoms with Crippen molar-refractivity contribution in [2.45, 2.75) is 100 Å². The minimum atomic E-state index is -5.08. The fourth-order valence-corrected chi connectivity index (χ4v) is 9.65. The Hall–Kier alpha value is -9.29. The van der Waals surface area contributed by atoms with E-state index in [1.165, 1.54) is 4.90 Å². The van der Waals surface area contributed by atoms with Crippen LogP contribution >= 0.6 is 0 Å². The van der Waals surface area contributed by atoms with Gasteiger partial charge in [0.25, 0.3) is 0 Å². The predicted molar refractivity (Wildman–Crippen MR) is 302 cm³/mol. The lowest BCUT2D eigenvalue weighted by Gasteiger charge is -2.32. The molecule has 444 valence electrons. The zero-order chi connectivity index (χ0) is 60.2. The van der Waals surface area contributed by atoms with Crippen LogP contribution in [0.5, 0.6) is 5.75 Å². The number of hydrogen-bond acceptors (Lipinski definition) is 12. The van der Waals surface area contributed by atoms with Crippen molar-refractivity contribution in [1.82, 2.24) is 41.8 Å². The molecule has 21 nitrogen and oxygen atoms in total. The van der Waals surface area contributed by atoms with Gasteiger partial charge >= 0.3 is 18.2 Å². The Morgan fingerprint density at radius 3 is 1.81 bits per heavy atom. The molecule has 7 amide bonds. The van der Waals surface area contributed by atoms with E-state index in [-0.39, 0.29) is 51.7 Å². The Morgan fingerprint density at radius 1 is 0.619 bits per heavy atom. The average molecular weight is 1160 g/mol. The fraction of sp³-hybridized carbons (Fsp3) is 0.333. The molecule has 3 heterocycles. The number of benzene rings is 5. The Morgan fingerprint density at radius 2 is 1.17 bits per heavy atom. The number of nitrogens with two attached hydrogens (primary N) is 2. The van der Waals surface area contributed by atoms with Crippen LogP contribution < -0.4 is 48.1 Å². The van der Waals surface area contributed by atoms with Crippen LogP contribution in [0.1, 0.15) is 59.5 Å². The lowest BCUT2D eigenvalue weighted by molar-refractivity contribution is -0.192. The molecule has 12 N–H and O–H groups in total. The Balaban J connectivity index is 0.00000136. The quantitative estimate of drug-likeness (QED) is 0.0579. The van der Waals surface area contributed by atoms with Gasteiger partial charge in [-0.05, 0) is 71.8 Å². The van der Waals surface area contributed by atoms with Crippen molar-refractivity contribution in [1.29, 1.82) is 0 Å². The summed E-state index contributed by atoms with van der Waals surface area (Å²) in [5.74, 6) is -6.52. The molecule has 2 aliphatic heterocycles. The molecule has 0 spiro atoms. The molecule has 2 fully saturated rings. The second-order valence-electron chi connectivity index (χ2n) is 20.0. The van der Waals surface area contributed by atoms with E-state index in [1.54, 1.807) is 85.1 Å². The Labute approximate surface area is 481 Å². The fourth-order valence-electron chi connectivity index (χ4n) is 9.65. The molecule has 6 aromatic rings. The maximum atomic E-state index is 15.3. The number of carbonyl (C=O) groups excluding carboxylic acids is 7. The van der Waals surface area contributed by atoms with Crippen LogP contribution in [0.3, 0.4) is 0 Å². The second-order valence-corrected chi connectivity index (χ2v) is 20.0. The number of hydrogen-bond donors (Lipinski definition) is 10. The minimum absolute atomic E-state index is 0.0385. The summed E-state index contributed by atoms with van der Waals surface area (Å²) in [6, 6.07) is 33.6. The van der Waals surface area contributed by atoms with Crippen LogP contribution in [-0.2, 0) is 64.2 Å². The lowest BCUT2D eigenvalue weighted by Crippen LogP contribution is -2.61. The van der Waals surface area contributed by atoms with Crippen LogP contribution in [0.15, 0.2) is 146 Å². The number of alkyl halides is 3. The zero-order valence-electron chi connectivity index (χ0n) is 45.6. The molecular formula is C60H67F3N10O11. The van der Waals surface area contributed by atoms with Gasteiger partial charge in [-0.3, -0.25) is 28.8 Å². The number of para-hydroxylation sites is 1. The smallest absolute Gasteiger partial charge is 0.489 e. The molecule has 0 radical (unpaired) electrons. The number of nitrogens with one attached hydrogen (secondary N) is 7. The number of halogens is 3. The summed E-state index contributed by atoms with van der Waals surface area (Å²) >= 11 is 0. The van der Waals surface area contributed by atoms with Crippen LogP contribution in [0, 0.1) is 0 Å². The summed E-state index contributed by atoms with van der Waals surface area (Å²) in [6.07, 6.45) is -4.43. The van der Waals surface area contributed by atoms with E-state index in [1.807, 2.05) is 60.7 Å². The van der Waals surface area contributed by atoms with Gasteiger partial charge in [0.2, 0.25) is 35.4 Å². The first-order valence-corrected chi connectivity index (χ1v) is 27.3. The minimum Gasteiger partial charge on any atom is -0.489 e. The number of rotatable bonds is 17. The number of amides is 7. The molecule has 2 saturated heterocycles. The second kappa shape index (κ2) is 30.1. The third-order valence-corrected chi connectivity index (χ3v) is 13.9. The Bertz CT molecular complexity index is 3190. The molecule has 84 heavy (non-hydrogen) atoms. The number of unbranched alkanes of at least 4 members (excludes halogenated alkanes) is 1. The summed E-state index contributed by atoms with van der Waals surface area (Å²) < 4.78 is 43.5. The first kappa shape index (κ1) is 62.3. The monoisotopic (exact) mass is 1160 g/mol. The Kier molecular flexibility index (Phi) is 22.4. The van der Waals surface area contributed by atoms with Gasteiger partial charge in [0.1, 0.15) is 54.7 Å². The van der Waals surface area contributed by atoms with Gasteiger partial charge in [0, 0.05) is 55.9 Å². The van der Waals surface area contributed by atoms with Gasteiger partial charge in [-0.25, -0.2) is 9.59 Å². The average Bonchev–Trinajstić information content (AvgIpc) is 4.33. The highest BCUT2D eigenvalue weighted by molar-refractivity contribution is 5.99. The van der Waals surface area contributed by atoms with Crippen LogP contribution in [0.25, 0.3) is 10.9 Å². The molecule has 24 heteroatoms. The third kappa shape index (κ3) is 17.9. The van der Waals surface area contributed by atoms with Crippen LogP contribution in [-0.4, -0.2) is 131 Å². The highest BCUT2D eigenvalue weighted by atomic mass is 19.4. The highest BCUT2D eigenvalue weighted by Gasteiger charge is 2.45.